The lowest BCUT2D eigenvalue weighted by Crippen LogP contribution is -2.43. The van der Waals surface area contributed by atoms with E-state index in [9.17, 15) is 0 Å². The van der Waals surface area contributed by atoms with Crippen LogP contribution in [0.4, 0.5) is 0 Å². The molecule has 2 heteroatoms. The van der Waals surface area contributed by atoms with Crippen LogP contribution in [0.1, 0.15) is 58.3 Å². The van der Waals surface area contributed by atoms with Crippen LogP contribution in [0.3, 0.4) is 0 Å². The highest BCUT2D eigenvalue weighted by atomic mass is 79.9. The Kier molecular flexibility index (Phi) is 4.11. The minimum atomic E-state index is 0.191. The van der Waals surface area contributed by atoms with Gasteiger partial charge in [-0.25, -0.2) is 0 Å². The summed E-state index contributed by atoms with van der Waals surface area (Å²) in [4.78, 5) is 0. The molecule has 88 valence electrons. The molecule has 0 saturated heterocycles. The zero-order chi connectivity index (χ0) is 10.7. The first-order valence-electron chi connectivity index (χ1n) is 6.52. The zero-order valence-corrected chi connectivity index (χ0v) is 11.4. The fourth-order valence-corrected chi connectivity index (χ4v) is 3.43. The second kappa shape index (κ2) is 5.18. The smallest absolute Gasteiger partial charge is 0.0782 e. The second-order valence-corrected chi connectivity index (χ2v) is 5.90. The summed E-state index contributed by atoms with van der Waals surface area (Å²) in [6, 6.07) is 0. The fraction of sp³-hybridized carbons (Fsp3) is 1.00. The lowest BCUT2D eigenvalue weighted by Gasteiger charge is -2.43. The van der Waals surface area contributed by atoms with Crippen LogP contribution in [0.15, 0.2) is 0 Å². The van der Waals surface area contributed by atoms with Gasteiger partial charge in [0.1, 0.15) is 0 Å². The quantitative estimate of drug-likeness (QED) is 0.695. The third-order valence-corrected chi connectivity index (χ3v) is 5.33. The molecule has 0 amide bonds. The summed E-state index contributed by atoms with van der Waals surface area (Å²) < 4.78 is 6.31. The summed E-state index contributed by atoms with van der Waals surface area (Å²) in [7, 11) is 0. The van der Waals surface area contributed by atoms with Crippen molar-refractivity contribution in [2.24, 2.45) is 5.92 Å². The lowest BCUT2D eigenvalue weighted by atomic mass is 9.78. The highest BCUT2D eigenvalue weighted by Gasteiger charge is 2.38. The minimum Gasteiger partial charge on any atom is -0.371 e. The maximum absolute atomic E-state index is 6.31. The van der Waals surface area contributed by atoms with Gasteiger partial charge in [-0.1, -0.05) is 29.3 Å². The summed E-state index contributed by atoms with van der Waals surface area (Å²) in [5.74, 6) is 0.960. The van der Waals surface area contributed by atoms with Crippen molar-refractivity contribution in [3.8, 4) is 0 Å². The number of ether oxygens (including phenoxy) is 1. The van der Waals surface area contributed by atoms with Gasteiger partial charge in [0.15, 0.2) is 0 Å². The van der Waals surface area contributed by atoms with Gasteiger partial charge >= 0.3 is 0 Å². The molecule has 0 aromatic rings. The van der Waals surface area contributed by atoms with Crippen molar-refractivity contribution in [3.63, 3.8) is 0 Å². The molecule has 15 heavy (non-hydrogen) atoms. The van der Waals surface area contributed by atoms with Crippen LogP contribution in [0, 0.1) is 5.92 Å². The Hall–Kier alpha value is 0.440. The number of hydrogen-bond acceptors (Lipinski definition) is 1. The van der Waals surface area contributed by atoms with Gasteiger partial charge in [0.2, 0.25) is 0 Å². The average molecular weight is 275 g/mol. The van der Waals surface area contributed by atoms with Gasteiger partial charge in [-0.3, -0.25) is 0 Å². The lowest BCUT2D eigenvalue weighted by molar-refractivity contribution is -0.129. The van der Waals surface area contributed by atoms with E-state index in [0.29, 0.717) is 6.10 Å². The van der Waals surface area contributed by atoms with Gasteiger partial charge in [0.05, 0.1) is 11.7 Å². The Labute approximate surface area is 102 Å². The predicted octanol–water partition coefficient (Wildman–Crippen LogP) is 4.29. The summed E-state index contributed by atoms with van der Waals surface area (Å²) in [6.45, 7) is 2.32. The Balaban J connectivity index is 1.85. The van der Waals surface area contributed by atoms with Gasteiger partial charge in [-0.15, -0.1) is 0 Å². The number of rotatable bonds is 4. The molecule has 0 spiro atoms. The molecule has 0 radical (unpaired) electrons. The summed E-state index contributed by atoms with van der Waals surface area (Å²) in [6.07, 6.45) is 11.2. The molecule has 0 aliphatic heterocycles. The number of hydrogen-bond donors (Lipinski definition) is 0. The summed E-state index contributed by atoms with van der Waals surface area (Å²) in [5, 5.41) is 1.03. The Morgan fingerprint density at radius 2 is 1.87 bits per heavy atom. The zero-order valence-electron chi connectivity index (χ0n) is 9.80. The molecule has 0 aromatic carbocycles. The summed E-state index contributed by atoms with van der Waals surface area (Å²) in [5.41, 5.74) is 0.191. The van der Waals surface area contributed by atoms with E-state index in [1.807, 2.05) is 0 Å². The Morgan fingerprint density at radius 3 is 2.27 bits per heavy atom. The van der Waals surface area contributed by atoms with E-state index < -0.39 is 0 Å². The fourth-order valence-electron chi connectivity index (χ4n) is 2.74. The SMILES string of the molecule is CCC1CCC(CBr)(OC2CCC2)CC1. The van der Waals surface area contributed by atoms with Crippen molar-refractivity contribution in [2.45, 2.75) is 70.0 Å². The second-order valence-electron chi connectivity index (χ2n) is 5.34. The number of halogens is 1. The van der Waals surface area contributed by atoms with Gasteiger partial charge < -0.3 is 4.74 Å². The molecule has 0 aromatic heterocycles. The molecule has 0 atom stereocenters. The number of alkyl halides is 1. The molecule has 0 heterocycles. The maximum atomic E-state index is 6.31. The van der Waals surface area contributed by atoms with Crippen molar-refractivity contribution in [3.05, 3.63) is 0 Å². The van der Waals surface area contributed by atoms with E-state index in [1.165, 1.54) is 51.4 Å². The molecule has 0 unspecified atom stereocenters. The summed E-state index contributed by atoms with van der Waals surface area (Å²) >= 11 is 3.67. The van der Waals surface area contributed by atoms with Crippen molar-refractivity contribution in [2.75, 3.05) is 5.33 Å². The van der Waals surface area contributed by atoms with Crippen LogP contribution in [0.25, 0.3) is 0 Å². The van der Waals surface area contributed by atoms with Crippen LogP contribution in [-0.4, -0.2) is 17.0 Å². The largest absolute Gasteiger partial charge is 0.371 e. The minimum absolute atomic E-state index is 0.191. The first kappa shape index (κ1) is 11.9. The van der Waals surface area contributed by atoms with E-state index >= 15 is 0 Å². The first-order chi connectivity index (χ1) is 7.28. The molecule has 0 bridgehead atoms. The molecule has 2 aliphatic carbocycles. The van der Waals surface area contributed by atoms with Crippen molar-refractivity contribution >= 4 is 15.9 Å². The standard InChI is InChI=1S/C13H23BrO/c1-2-11-6-8-13(10-14,9-7-11)15-12-4-3-5-12/h11-12H,2-10H2,1H3. The van der Waals surface area contributed by atoms with E-state index in [0.717, 1.165) is 11.2 Å². The molecular weight excluding hydrogens is 252 g/mol. The van der Waals surface area contributed by atoms with Crippen LogP contribution < -0.4 is 0 Å². The normalized spacial score (nSPS) is 37.6. The van der Waals surface area contributed by atoms with Gasteiger partial charge in [0.25, 0.3) is 0 Å². The third-order valence-electron chi connectivity index (χ3n) is 4.31. The third kappa shape index (κ3) is 2.76. The maximum Gasteiger partial charge on any atom is 0.0782 e. The van der Waals surface area contributed by atoms with E-state index in [4.69, 9.17) is 4.74 Å². The van der Waals surface area contributed by atoms with E-state index in [1.54, 1.807) is 0 Å². The van der Waals surface area contributed by atoms with Crippen LogP contribution in [-0.2, 0) is 4.74 Å². The van der Waals surface area contributed by atoms with Crippen LogP contribution in [0.2, 0.25) is 0 Å². The monoisotopic (exact) mass is 274 g/mol. The van der Waals surface area contributed by atoms with Gasteiger partial charge in [-0.05, 0) is 50.9 Å². The molecule has 2 rings (SSSR count). The average Bonchev–Trinajstić information content (AvgIpc) is 2.24. The molecule has 0 N–H and O–H groups in total. The highest BCUT2D eigenvalue weighted by molar-refractivity contribution is 9.09. The van der Waals surface area contributed by atoms with E-state index in [2.05, 4.69) is 22.9 Å². The van der Waals surface area contributed by atoms with E-state index in [-0.39, 0.29) is 5.60 Å². The van der Waals surface area contributed by atoms with Gasteiger partial charge in [-0.2, -0.15) is 0 Å². The Bertz CT molecular complexity index is 193. The molecule has 2 fully saturated rings. The van der Waals surface area contributed by atoms with Crippen LogP contribution in [0.5, 0.6) is 0 Å². The topological polar surface area (TPSA) is 9.23 Å². The van der Waals surface area contributed by atoms with Crippen LogP contribution >= 0.6 is 15.9 Å². The molecule has 2 aliphatic rings. The van der Waals surface area contributed by atoms with Crippen molar-refractivity contribution in [1.29, 1.82) is 0 Å². The van der Waals surface area contributed by atoms with Crippen molar-refractivity contribution < 1.29 is 4.74 Å². The Morgan fingerprint density at radius 1 is 1.20 bits per heavy atom. The predicted molar refractivity (Wildman–Crippen MR) is 67.5 cm³/mol. The highest BCUT2D eigenvalue weighted by Crippen LogP contribution is 2.40. The van der Waals surface area contributed by atoms with Crippen molar-refractivity contribution in [1.82, 2.24) is 0 Å². The first-order valence-corrected chi connectivity index (χ1v) is 7.64. The van der Waals surface area contributed by atoms with Gasteiger partial charge in [0, 0.05) is 5.33 Å². The molecule has 1 nitrogen and oxygen atoms in total. The molecule has 2 saturated carbocycles. The molecular formula is C13H23BrO.